The lowest BCUT2D eigenvalue weighted by molar-refractivity contribution is -0.136. The molecule has 17 atom stereocenters. The number of rotatable bonds is 28. The number of benzene rings is 1. The number of carbonyl (C=O) groups is 18. The van der Waals surface area contributed by atoms with Gasteiger partial charge in [0.1, 0.15) is 96.7 Å². The minimum absolute atomic E-state index is 0.0111. The Morgan fingerprint density at radius 1 is 0.307 bits per heavy atom. The Balaban J connectivity index is 1.86. The van der Waals surface area contributed by atoms with E-state index < -0.39 is 304 Å². The van der Waals surface area contributed by atoms with Gasteiger partial charge < -0.3 is 151 Å². The topological polar surface area (TPSA) is 833 Å². The van der Waals surface area contributed by atoms with Crippen LogP contribution in [-0.4, -0.2) is 313 Å². The largest absolute Gasteiger partial charge is 0.370 e. The Hall–Kier alpha value is -11.9. The van der Waals surface area contributed by atoms with Crippen LogP contribution in [0, 0.1) is 50.7 Å². The predicted molar refractivity (Wildman–Crippen MR) is 536 cm³/mol. The first kappa shape index (κ1) is 119. The van der Waals surface area contributed by atoms with Gasteiger partial charge in [-0.05, 0) is 99.9 Å². The van der Waals surface area contributed by atoms with E-state index in [2.05, 4.69) is 122 Å². The molecule has 0 saturated carbocycles. The maximum atomic E-state index is 15.7. The molecule has 4 saturated heterocycles. The third-order valence-corrected chi connectivity index (χ3v) is 29.2. The molecule has 38 N–H and O–H groups in total. The predicted octanol–water partition coefficient (Wildman–Crippen LogP) is -7.86. The standard InChI is InChI=1S/C83H139N33O18S6/c1-9-43(8)62-78(134)113-57-39-140-136-35-53(111-69(125)51(31-44-18-11-10-12-19-44)101-58(117)32-99-64(120)46(21-14-26-95-80(86)87)106-77(133)61(42(6)7)115-74(57)130)71(127)104-48(23-16-28-97-82(90)91)66(122)108-54-36-137-139-38-56(75(131)116-62)109-67(123)49(24-17-29-98-83(92)93)105-72(128)55-37-138-135-34-52(110-68(124)50(30-40(2)3)107-73(54)129)70(126)103-47(22-15-27-96-81(88)89)65(121)102-45(20-13-25-94-79(84)85)63(119)100-33-59(118)114-60(41(4)5)76(132)112-55/h10-12,18-19,40-43,45-57,60-62H,9,13-17,20-39H2,1-8H3,(H,99,120)(H,100,119)(H,101,117)(H,102,121)(H,103,126)(H,104,127)(H,105,128)(H,106,133)(H,107,129)(H,108,122)(H,109,123)(H,110,124)(H,111,125)(H,112,132)(H,113,134)(H,114,118)(H,115,130)(H,116,131)(H4,84,85,94)(H4,86,87,95)(H4,88,89,96)(H4,90,91,97)(H4,92,93,98)/t43-,45-,46-,47-,48-,49-,50-,51-,52-,53-,54-,55-,56-,57-,60-,61-,62-/m0/s1. The van der Waals surface area contributed by atoms with E-state index in [4.69, 9.17) is 55.7 Å². The smallest absolute Gasteiger partial charge is 0.244 e. The molecule has 140 heavy (non-hydrogen) atoms. The fourth-order valence-corrected chi connectivity index (χ4v) is 21.1. The first-order chi connectivity index (χ1) is 66.3. The molecule has 5 rings (SSSR count). The van der Waals surface area contributed by atoms with Gasteiger partial charge in [0, 0.05) is 73.7 Å². The molecular formula is C83H139N33O18S6. The Morgan fingerprint density at radius 3 is 0.879 bits per heavy atom. The van der Waals surface area contributed by atoms with E-state index in [9.17, 15) is 33.6 Å². The van der Waals surface area contributed by atoms with Crippen LogP contribution in [0.15, 0.2) is 30.3 Å². The maximum absolute atomic E-state index is 15.7. The zero-order valence-corrected chi connectivity index (χ0v) is 84.4. The highest BCUT2D eigenvalue weighted by molar-refractivity contribution is 8.77. The summed E-state index contributed by atoms with van der Waals surface area (Å²) < 4.78 is 0. The second-order valence-electron chi connectivity index (χ2n) is 34.6. The van der Waals surface area contributed by atoms with Crippen molar-refractivity contribution >= 4 is 201 Å². The highest BCUT2D eigenvalue weighted by atomic mass is 33.1. The van der Waals surface area contributed by atoms with Crippen molar-refractivity contribution in [2.24, 2.45) is 52.3 Å². The molecule has 6 bridgehead atoms. The maximum Gasteiger partial charge on any atom is 0.244 e. The Bertz CT molecular complexity index is 4480. The zero-order chi connectivity index (χ0) is 104. The van der Waals surface area contributed by atoms with Crippen LogP contribution < -0.4 is 151 Å². The van der Waals surface area contributed by atoms with E-state index in [1.165, 1.54) is 0 Å². The molecular weight excluding hydrogens is 1940 g/mol. The lowest BCUT2D eigenvalue weighted by atomic mass is 9.97. The van der Waals surface area contributed by atoms with Gasteiger partial charge in [0.05, 0.1) is 13.1 Å². The van der Waals surface area contributed by atoms with E-state index >= 15 is 52.7 Å². The molecule has 4 aliphatic rings. The first-order valence-corrected chi connectivity index (χ1v) is 53.4. The van der Waals surface area contributed by atoms with E-state index in [-0.39, 0.29) is 116 Å². The molecule has 0 unspecified atom stereocenters. The van der Waals surface area contributed by atoms with Crippen LogP contribution in [0.25, 0.3) is 0 Å². The summed E-state index contributed by atoms with van der Waals surface area (Å²) in [6.45, 7) is 11.1. The summed E-state index contributed by atoms with van der Waals surface area (Å²) in [5.41, 5.74) is 28.6. The molecule has 51 nitrogen and oxygen atoms in total. The van der Waals surface area contributed by atoms with Crippen molar-refractivity contribution in [2.75, 3.05) is 80.3 Å². The number of fused-ring (bicyclic) bond motifs is 15. The molecule has 0 spiro atoms. The molecule has 4 fully saturated rings. The molecule has 0 aromatic heterocycles. The highest BCUT2D eigenvalue weighted by Gasteiger charge is 2.42. The van der Waals surface area contributed by atoms with Gasteiger partial charge in [-0.25, -0.2) is 0 Å². The molecule has 1 aromatic rings. The third-order valence-electron chi connectivity index (χ3n) is 22.0. The number of hydrogen-bond donors (Lipinski definition) is 33. The van der Waals surface area contributed by atoms with Gasteiger partial charge in [-0.15, -0.1) is 0 Å². The number of nitrogens with two attached hydrogens (primary N) is 5. The number of hydrogen-bond acceptors (Lipinski definition) is 29. The van der Waals surface area contributed by atoms with Crippen LogP contribution in [0.3, 0.4) is 0 Å². The molecule has 1 aromatic carbocycles. The summed E-state index contributed by atoms with van der Waals surface area (Å²) in [5.74, 6) is -26.1. The number of nitrogens with one attached hydrogen (secondary N) is 28. The van der Waals surface area contributed by atoms with Gasteiger partial charge in [-0.2, -0.15) is 0 Å². The van der Waals surface area contributed by atoms with Gasteiger partial charge in [0.15, 0.2) is 29.8 Å². The second kappa shape index (κ2) is 62.3. The van der Waals surface area contributed by atoms with Crippen molar-refractivity contribution < 1.29 is 86.3 Å². The van der Waals surface area contributed by atoms with Crippen LogP contribution in [0.1, 0.15) is 138 Å². The van der Waals surface area contributed by atoms with Crippen LogP contribution in [0.5, 0.6) is 0 Å². The van der Waals surface area contributed by atoms with E-state index in [0.717, 1.165) is 64.8 Å². The van der Waals surface area contributed by atoms with Crippen molar-refractivity contribution in [3.63, 3.8) is 0 Å². The third kappa shape index (κ3) is 43.9. The Labute approximate surface area is 835 Å². The fraction of sp³-hybridized carbons (Fsp3) is 0.651. The number of amides is 18. The zero-order valence-electron chi connectivity index (χ0n) is 79.5. The molecule has 57 heteroatoms. The number of guanidine groups is 5. The minimum atomic E-state index is -1.80. The molecule has 18 amide bonds. The normalized spacial score (nSPS) is 25.9. The summed E-state index contributed by atoms with van der Waals surface area (Å²) in [4.78, 5) is 272. The summed E-state index contributed by atoms with van der Waals surface area (Å²) in [6.07, 6.45) is -1.49. The summed E-state index contributed by atoms with van der Waals surface area (Å²) in [7, 11) is 5.00. The monoisotopic (exact) mass is 2080 g/mol. The number of carbonyl (C=O) groups excluding carboxylic acids is 18. The quantitative estimate of drug-likeness (QED) is 0.0160. The van der Waals surface area contributed by atoms with E-state index in [1.807, 2.05) is 0 Å². The average molecular weight is 2080 g/mol. The summed E-state index contributed by atoms with van der Waals surface area (Å²) in [6, 6.07) is -17.9. The molecule has 4 heterocycles. The lowest BCUT2D eigenvalue weighted by Crippen LogP contribution is -2.62. The van der Waals surface area contributed by atoms with Gasteiger partial charge in [-0.3, -0.25) is 113 Å². The summed E-state index contributed by atoms with van der Waals surface area (Å²) >= 11 is 0. The van der Waals surface area contributed by atoms with E-state index in [1.54, 1.807) is 85.7 Å². The summed E-state index contributed by atoms with van der Waals surface area (Å²) in [5, 5.41) is 100. The van der Waals surface area contributed by atoms with Gasteiger partial charge >= 0.3 is 0 Å². The first-order valence-electron chi connectivity index (χ1n) is 45.9. The minimum Gasteiger partial charge on any atom is -0.370 e. The van der Waals surface area contributed by atoms with Crippen LogP contribution >= 0.6 is 64.8 Å². The Kier molecular flexibility index (Phi) is 52.8. The lowest BCUT2D eigenvalue weighted by Gasteiger charge is -2.31. The van der Waals surface area contributed by atoms with Crippen LogP contribution in [0.4, 0.5) is 0 Å². The van der Waals surface area contributed by atoms with Gasteiger partial charge in [-0.1, -0.05) is 157 Å². The van der Waals surface area contributed by atoms with E-state index in [0.29, 0.717) is 5.56 Å². The van der Waals surface area contributed by atoms with Crippen molar-refractivity contribution in [3.8, 4) is 0 Å². The van der Waals surface area contributed by atoms with Crippen LogP contribution in [0.2, 0.25) is 0 Å². The van der Waals surface area contributed by atoms with Crippen LogP contribution in [-0.2, 0) is 92.7 Å². The van der Waals surface area contributed by atoms with Crippen molar-refractivity contribution in [1.82, 2.24) is 122 Å². The average Bonchev–Trinajstić information content (AvgIpc) is 0.840. The molecule has 0 aliphatic carbocycles. The van der Waals surface area contributed by atoms with Gasteiger partial charge in [0.25, 0.3) is 0 Å². The Morgan fingerprint density at radius 2 is 0.557 bits per heavy atom. The molecule has 0 radical (unpaired) electrons. The van der Waals surface area contributed by atoms with Crippen molar-refractivity contribution in [2.45, 2.75) is 236 Å². The SMILES string of the molecule is CC[C@H](C)[C@@H]1NC(=O)[C@@H]2CSSC[C@H](NC(=O)[C@H](CCCNC(=N)N)NC(=O)[C@@H]3CSSC[C@H](NC1=O)C(=O)N[C@@H](C(C)C)C(=O)N[C@@H](CCCNC(=N)N)C(=O)NCC(=O)N[C@@H](Cc1ccccc1)C(=O)N3)C(=O)N[C@@H](CC(C)C)C(=O)N[C@H]1CSSC[C@H](NC(=O)[C@H](C(C)C)NC(=O)CNC(=O)[C@H](CCCNC(=N)N)NC(=O)[C@H](CCCNC(=N)N)NC1=O)C(=O)N[C@@H](CCCNC(=N)N)C(=O)N2. The van der Waals surface area contributed by atoms with Crippen molar-refractivity contribution in [1.29, 1.82) is 27.0 Å². The highest BCUT2D eigenvalue weighted by Crippen LogP contribution is 2.28. The molecule has 4 aliphatic heterocycles. The second-order valence-corrected chi connectivity index (χ2v) is 42.3. The van der Waals surface area contributed by atoms with Crippen molar-refractivity contribution in [3.05, 3.63) is 35.9 Å². The molecule has 780 valence electrons. The van der Waals surface area contributed by atoms with Gasteiger partial charge in [0.2, 0.25) is 106 Å². The fourth-order valence-electron chi connectivity index (χ4n) is 14.1.